The van der Waals surface area contributed by atoms with Crippen LogP contribution in [0.25, 0.3) is 33.2 Å². The van der Waals surface area contributed by atoms with Crippen LogP contribution in [-0.2, 0) is 0 Å². The van der Waals surface area contributed by atoms with Crippen molar-refractivity contribution in [3.63, 3.8) is 0 Å². The average Bonchev–Trinajstić information content (AvgIpc) is 2.78. The Morgan fingerprint density at radius 2 is 1.40 bits per heavy atom. The lowest BCUT2D eigenvalue weighted by Gasteiger charge is -2.20. The average molecular weight is 399 g/mol. The molecular weight excluding hydrogens is 372 g/mol. The van der Waals surface area contributed by atoms with E-state index in [1.807, 2.05) is 32.3 Å². The molecule has 1 heterocycles. The van der Waals surface area contributed by atoms with E-state index in [2.05, 4.69) is 60.4 Å². The first-order chi connectivity index (χ1) is 14.5. The van der Waals surface area contributed by atoms with Gasteiger partial charge in [-0.25, -0.2) is 4.98 Å². The Kier molecular flexibility index (Phi) is 5.32. The highest BCUT2D eigenvalue weighted by Crippen LogP contribution is 2.39. The van der Waals surface area contributed by atoms with Gasteiger partial charge in [0, 0.05) is 31.1 Å². The summed E-state index contributed by atoms with van der Waals surface area (Å²) in [5.41, 5.74) is 6.80. The van der Waals surface area contributed by atoms with Crippen LogP contribution in [0.3, 0.4) is 0 Å². The van der Waals surface area contributed by atoms with Crippen LogP contribution in [0.1, 0.15) is 5.56 Å². The maximum atomic E-state index is 5.51. The predicted molar refractivity (Wildman–Crippen MR) is 125 cm³/mol. The number of hydrogen-bond donors (Lipinski definition) is 0. The molecule has 152 valence electrons. The number of ether oxygens (including phenoxy) is 2. The Morgan fingerprint density at radius 3 is 2.07 bits per heavy atom. The number of aromatic nitrogens is 1. The second kappa shape index (κ2) is 8.07. The van der Waals surface area contributed by atoms with Crippen LogP contribution in [-0.4, -0.2) is 33.3 Å². The van der Waals surface area contributed by atoms with E-state index in [1.165, 1.54) is 22.3 Å². The highest BCUT2D eigenvalue weighted by atomic mass is 16.5. The lowest BCUT2D eigenvalue weighted by molar-refractivity contribution is 0.356. The van der Waals surface area contributed by atoms with Gasteiger partial charge in [0.05, 0.1) is 19.7 Å². The zero-order valence-electron chi connectivity index (χ0n) is 18.1. The first-order valence-electron chi connectivity index (χ1n) is 9.93. The molecule has 3 aromatic carbocycles. The fourth-order valence-electron chi connectivity index (χ4n) is 3.89. The minimum Gasteiger partial charge on any atom is -0.493 e. The Labute approximate surface area is 177 Å². The van der Waals surface area contributed by atoms with Gasteiger partial charge in [0.25, 0.3) is 0 Å². The molecule has 30 heavy (non-hydrogen) atoms. The third kappa shape index (κ3) is 3.45. The van der Waals surface area contributed by atoms with Crippen LogP contribution in [0, 0.1) is 6.92 Å². The van der Waals surface area contributed by atoms with Crippen molar-refractivity contribution in [2.24, 2.45) is 0 Å². The minimum atomic E-state index is 0.678. The number of fused-ring (bicyclic) bond motifs is 1. The van der Waals surface area contributed by atoms with Crippen molar-refractivity contribution in [2.45, 2.75) is 6.92 Å². The Bertz CT molecular complexity index is 1200. The van der Waals surface area contributed by atoms with E-state index in [9.17, 15) is 0 Å². The molecular formula is C26H26N2O2. The zero-order chi connectivity index (χ0) is 21.3. The minimum absolute atomic E-state index is 0.678. The standard InChI is InChI=1S/C26H26N2O2/c1-17-20(18-10-7-6-8-11-18)12-9-13-21(17)22-14-19-15-24(29-4)25(30-5)16-23(19)27-26(22)28(2)3/h6-16H,1-5H3. The van der Waals surface area contributed by atoms with Crippen molar-refractivity contribution in [3.8, 4) is 33.8 Å². The molecule has 0 spiro atoms. The largest absolute Gasteiger partial charge is 0.493 e. The molecule has 0 fully saturated rings. The van der Waals surface area contributed by atoms with Crippen molar-refractivity contribution < 1.29 is 9.47 Å². The summed E-state index contributed by atoms with van der Waals surface area (Å²) in [5, 5.41) is 1.01. The number of benzene rings is 3. The van der Waals surface area contributed by atoms with E-state index in [-0.39, 0.29) is 0 Å². The summed E-state index contributed by atoms with van der Waals surface area (Å²) in [6.07, 6.45) is 0. The van der Waals surface area contributed by atoms with E-state index in [0.717, 1.165) is 22.3 Å². The van der Waals surface area contributed by atoms with Crippen LogP contribution in [0.15, 0.2) is 66.7 Å². The van der Waals surface area contributed by atoms with Gasteiger partial charge in [0.1, 0.15) is 5.82 Å². The number of rotatable bonds is 5. The fourth-order valence-corrected chi connectivity index (χ4v) is 3.89. The van der Waals surface area contributed by atoms with Crippen molar-refractivity contribution >= 4 is 16.7 Å². The quantitative estimate of drug-likeness (QED) is 0.415. The highest BCUT2D eigenvalue weighted by Gasteiger charge is 2.17. The zero-order valence-corrected chi connectivity index (χ0v) is 18.1. The molecule has 4 heteroatoms. The highest BCUT2D eigenvalue weighted by molar-refractivity contribution is 5.93. The van der Waals surface area contributed by atoms with Crippen molar-refractivity contribution in [2.75, 3.05) is 33.2 Å². The Morgan fingerprint density at radius 1 is 0.733 bits per heavy atom. The summed E-state index contributed by atoms with van der Waals surface area (Å²) >= 11 is 0. The number of nitrogens with zero attached hydrogens (tertiary/aromatic N) is 2. The number of hydrogen-bond acceptors (Lipinski definition) is 4. The first-order valence-corrected chi connectivity index (χ1v) is 9.93. The molecule has 0 N–H and O–H groups in total. The second-order valence-corrected chi connectivity index (χ2v) is 7.50. The van der Waals surface area contributed by atoms with Gasteiger partial charge in [0.15, 0.2) is 11.5 Å². The van der Waals surface area contributed by atoms with Gasteiger partial charge in [-0.05, 0) is 41.3 Å². The fraction of sp³-hybridized carbons (Fsp3) is 0.192. The van der Waals surface area contributed by atoms with Crippen LogP contribution in [0.5, 0.6) is 11.5 Å². The molecule has 0 atom stereocenters. The van der Waals surface area contributed by atoms with Crippen molar-refractivity contribution in [1.29, 1.82) is 0 Å². The van der Waals surface area contributed by atoms with Crippen LogP contribution < -0.4 is 14.4 Å². The molecule has 4 aromatic rings. The molecule has 0 aliphatic carbocycles. The van der Waals surface area contributed by atoms with E-state index < -0.39 is 0 Å². The molecule has 0 saturated carbocycles. The molecule has 0 saturated heterocycles. The molecule has 4 nitrogen and oxygen atoms in total. The normalized spacial score (nSPS) is 10.8. The smallest absolute Gasteiger partial charge is 0.162 e. The van der Waals surface area contributed by atoms with Crippen LogP contribution in [0.4, 0.5) is 5.82 Å². The monoisotopic (exact) mass is 398 g/mol. The number of anilines is 1. The molecule has 1 aromatic heterocycles. The predicted octanol–water partition coefficient (Wildman–Crippen LogP) is 5.96. The number of methoxy groups -OCH3 is 2. The summed E-state index contributed by atoms with van der Waals surface area (Å²) in [4.78, 5) is 7.02. The lowest BCUT2D eigenvalue weighted by atomic mass is 9.92. The van der Waals surface area contributed by atoms with E-state index in [0.29, 0.717) is 11.5 Å². The van der Waals surface area contributed by atoms with Gasteiger partial charge >= 0.3 is 0 Å². The van der Waals surface area contributed by atoms with Crippen LogP contribution in [0.2, 0.25) is 0 Å². The summed E-state index contributed by atoms with van der Waals surface area (Å²) in [7, 11) is 7.34. The van der Waals surface area contributed by atoms with E-state index in [1.54, 1.807) is 14.2 Å². The molecule has 0 bridgehead atoms. The first kappa shape index (κ1) is 19.8. The van der Waals surface area contributed by atoms with E-state index in [4.69, 9.17) is 14.5 Å². The molecule has 0 radical (unpaired) electrons. The van der Waals surface area contributed by atoms with E-state index >= 15 is 0 Å². The van der Waals surface area contributed by atoms with Gasteiger partial charge < -0.3 is 14.4 Å². The molecule has 0 aliphatic rings. The van der Waals surface area contributed by atoms with Gasteiger partial charge in [-0.1, -0.05) is 48.5 Å². The summed E-state index contributed by atoms with van der Waals surface area (Å²) in [5.74, 6) is 2.30. The molecule has 0 amide bonds. The lowest BCUT2D eigenvalue weighted by Crippen LogP contribution is -2.12. The summed E-state index contributed by atoms with van der Waals surface area (Å²) in [6.45, 7) is 2.18. The van der Waals surface area contributed by atoms with Gasteiger partial charge in [0.2, 0.25) is 0 Å². The van der Waals surface area contributed by atoms with Crippen molar-refractivity contribution in [3.05, 3.63) is 72.3 Å². The van der Waals surface area contributed by atoms with Crippen molar-refractivity contribution in [1.82, 2.24) is 4.98 Å². The maximum Gasteiger partial charge on any atom is 0.162 e. The Hall–Kier alpha value is -3.53. The second-order valence-electron chi connectivity index (χ2n) is 7.50. The van der Waals surface area contributed by atoms with Gasteiger partial charge in [-0.3, -0.25) is 0 Å². The van der Waals surface area contributed by atoms with Gasteiger partial charge in [-0.15, -0.1) is 0 Å². The Balaban J connectivity index is 1.97. The number of pyridine rings is 1. The van der Waals surface area contributed by atoms with Gasteiger partial charge in [-0.2, -0.15) is 0 Å². The molecule has 0 aliphatic heterocycles. The summed E-state index contributed by atoms with van der Waals surface area (Å²) < 4.78 is 11.0. The summed E-state index contributed by atoms with van der Waals surface area (Å²) in [6, 6.07) is 23.0. The molecule has 0 unspecified atom stereocenters. The topological polar surface area (TPSA) is 34.6 Å². The van der Waals surface area contributed by atoms with Crippen LogP contribution >= 0.6 is 0 Å². The SMILES string of the molecule is COc1cc2cc(-c3cccc(-c4ccccc4)c3C)c(N(C)C)nc2cc1OC. The third-order valence-electron chi connectivity index (χ3n) is 5.43. The molecule has 4 rings (SSSR count). The third-order valence-corrected chi connectivity index (χ3v) is 5.43. The maximum absolute atomic E-state index is 5.51.